The number of rotatable bonds is 5. The van der Waals surface area contributed by atoms with Gasteiger partial charge in [-0.3, -0.25) is 0 Å². The van der Waals surface area contributed by atoms with Crippen LogP contribution in [0.15, 0.2) is 0 Å². The van der Waals surface area contributed by atoms with E-state index >= 15 is 0 Å². The zero-order valence-corrected chi connectivity index (χ0v) is 9.67. The highest BCUT2D eigenvalue weighted by molar-refractivity contribution is 4.82. The maximum atomic E-state index is 10.0. The standard InChI is InChI=1S/C11H25NO/c1-8(2)6-9(3)10(13)11(4,5)7-12/h8-10,13H,6-7,12H2,1-5H3. The summed E-state index contributed by atoms with van der Waals surface area (Å²) in [5.41, 5.74) is 5.46. The molecule has 0 aliphatic rings. The van der Waals surface area contributed by atoms with Crippen molar-refractivity contribution >= 4 is 0 Å². The number of hydrogen-bond donors (Lipinski definition) is 2. The topological polar surface area (TPSA) is 46.2 Å². The molecule has 2 atom stereocenters. The average Bonchev–Trinajstić information content (AvgIpc) is 2.01. The van der Waals surface area contributed by atoms with Gasteiger partial charge in [-0.15, -0.1) is 0 Å². The van der Waals surface area contributed by atoms with Gasteiger partial charge >= 0.3 is 0 Å². The maximum Gasteiger partial charge on any atom is 0.0628 e. The lowest BCUT2D eigenvalue weighted by molar-refractivity contribution is 0.00567. The van der Waals surface area contributed by atoms with E-state index in [4.69, 9.17) is 5.73 Å². The Morgan fingerprint density at radius 3 is 2.00 bits per heavy atom. The van der Waals surface area contributed by atoms with Crippen LogP contribution in [0.1, 0.15) is 41.0 Å². The molecule has 2 unspecified atom stereocenters. The van der Waals surface area contributed by atoms with Crippen molar-refractivity contribution in [3.63, 3.8) is 0 Å². The molecule has 0 rings (SSSR count). The van der Waals surface area contributed by atoms with E-state index in [2.05, 4.69) is 20.8 Å². The summed E-state index contributed by atoms with van der Waals surface area (Å²) in [4.78, 5) is 0. The SMILES string of the molecule is CC(C)CC(C)C(O)C(C)(C)CN. The van der Waals surface area contributed by atoms with E-state index in [9.17, 15) is 5.11 Å². The largest absolute Gasteiger partial charge is 0.392 e. The first-order valence-electron chi connectivity index (χ1n) is 5.19. The molecule has 0 amide bonds. The Morgan fingerprint density at radius 1 is 1.23 bits per heavy atom. The molecule has 2 nitrogen and oxygen atoms in total. The molecule has 0 radical (unpaired) electrons. The van der Waals surface area contributed by atoms with Gasteiger partial charge in [0.25, 0.3) is 0 Å². The summed E-state index contributed by atoms with van der Waals surface area (Å²) in [5.74, 6) is 0.969. The van der Waals surface area contributed by atoms with Crippen LogP contribution in [-0.4, -0.2) is 17.8 Å². The van der Waals surface area contributed by atoms with Crippen LogP contribution < -0.4 is 5.73 Å². The Bertz CT molecular complexity index is 143. The summed E-state index contributed by atoms with van der Waals surface area (Å²) in [6.45, 7) is 11.0. The van der Waals surface area contributed by atoms with E-state index in [1.165, 1.54) is 0 Å². The fraction of sp³-hybridized carbons (Fsp3) is 1.00. The molecule has 0 fully saturated rings. The highest BCUT2D eigenvalue weighted by Gasteiger charge is 2.30. The summed E-state index contributed by atoms with van der Waals surface area (Å²) in [6, 6.07) is 0. The van der Waals surface area contributed by atoms with Crippen LogP contribution in [0.5, 0.6) is 0 Å². The number of aliphatic hydroxyl groups excluding tert-OH is 1. The summed E-state index contributed by atoms with van der Waals surface area (Å²) >= 11 is 0. The number of nitrogens with two attached hydrogens (primary N) is 1. The second kappa shape index (κ2) is 4.97. The Morgan fingerprint density at radius 2 is 1.69 bits per heavy atom. The molecular weight excluding hydrogens is 162 g/mol. The van der Waals surface area contributed by atoms with Crippen LogP contribution in [0.3, 0.4) is 0 Å². The molecule has 0 aliphatic heterocycles. The minimum atomic E-state index is -0.292. The van der Waals surface area contributed by atoms with Gasteiger partial charge in [-0.05, 0) is 24.8 Å². The Hall–Kier alpha value is -0.0800. The lowest BCUT2D eigenvalue weighted by Crippen LogP contribution is -2.40. The van der Waals surface area contributed by atoms with Crippen LogP contribution >= 0.6 is 0 Å². The molecule has 0 bridgehead atoms. The average molecular weight is 187 g/mol. The van der Waals surface area contributed by atoms with Gasteiger partial charge in [-0.1, -0.05) is 34.6 Å². The summed E-state index contributed by atoms with van der Waals surface area (Å²) in [6.07, 6.45) is 0.768. The first-order valence-corrected chi connectivity index (χ1v) is 5.19. The first-order chi connectivity index (χ1) is 5.81. The van der Waals surface area contributed by atoms with Crippen molar-refractivity contribution in [1.29, 1.82) is 0 Å². The van der Waals surface area contributed by atoms with Crippen molar-refractivity contribution in [2.45, 2.75) is 47.1 Å². The smallest absolute Gasteiger partial charge is 0.0628 e. The lowest BCUT2D eigenvalue weighted by atomic mass is 9.78. The van der Waals surface area contributed by atoms with Crippen LogP contribution in [0.2, 0.25) is 0 Å². The third-order valence-electron chi connectivity index (χ3n) is 2.71. The Balaban J connectivity index is 4.16. The van der Waals surface area contributed by atoms with Gasteiger partial charge in [0, 0.05) is 5.41 Å². The molecule has 3 N–H and O–H groups in total. The molecule has 0 aromatic carbocycles. The fourth-order valence-corrected chi connectivity index (χ4v) is 1.76. The molecule has 2 heteroatoms. The van der Waals surface area contributed by atoms with Gasteiger partial charge in [-0.25, -0.2) is 0 Å². The second-order valence-electron chi connectivity index (χ2n) is 5.24. The molecule has 0 saturated heterocycles. The molecular formula is C11H25NO. The van der Waals surface area contributed by atoms with Crippen molar-refractivity contribution in [3.8, 4) is 0 Å². The zero-order valence-electron chi connectivity index (χ0n) is 9.67. The van der Waals surface area contributed by atoms with E-state index in [1.54, 1.807) is 0 Å². The molecule has 13 heavy (non-hydrogen) atoms. The molecule has 0 spiro atoms. The number of aliphatic hydroxyl groups is 1. The molecule has 0 heterocycles. The third kappa shape index (κ3) is 4.10. The van der Waals surface area contributed by atoms with Crippen molar-refractivity contribution in [2.75, 3.05) is 6.54 Å². The zero-order chi connectivity index (χ0) is 10.6. The Kier molecular flexibility index (Phi) is 4.93. The van der Waals surface area contributed by atoms with Gasteiger partial charge in [0.15, 0.2) is 0 Å². The second-order valence-corrected chi connectivity index (χ2v) is 5.24. The van der Waals surface area contributed by atoms with Crippen LogP contribution in [0, 0.1) is 17.3 Å². The van der Waals surface area contributed by atoms with Crippen LogP contribution in [-0.2, 0) is 0 Å². The quantitative estimate of drug-likeness (QED) is 0.691. The van der Waals surface area contributed by atoms with Gasteiger partial charge in [-0.2, -0.15) is 0 Å². The third-order valence-corrected chi connectivity index (χ3v) is 2.71. The first kappa shape index (κ1) is 12.9. The fourth-order valence-electron chi connectivity index (χ4n) is 1.76. The van der Waals surface area contributed by atoms with Gasteiger partial charge < -0.3 is 10.8 Å². The summed E-state index contributed by atoms with van der Waals surface area (Å²) < 4.78 is 0. The highest BCUT2D eigenvalue weighted by Crippen LogP contribution is 2.28. The van der Waals surface area contributed by atoms with Crippen molar-refractivity contribution in [1.82, 2.24) is 0 Å². The molecule has 0 aromatic rings. The van der Waals surface area contributed by atoms with E-state index < -0.39 is 0 Å². The molecule has 80 valence electrons. The summed E-state index contributed by atoms with van der Waals surface area (Å²) in [7, 11) is 0. The van der Waals surface area contributed by atoms with E-state index in [0.717, 1.165) is 6.42 Å². The minimum absolute atomic E-state index is 0.158. The van der Waals surface area contributed by atoms with Crippen molar-refractivity contribution in [3.05, 3.63) is 0 Å². The summed E-state index contributed by atoms with van der Waals surface area (Å²) in [5, 5.41) is 10.0. The van der Waals surface area contributed by atoms with E-state index in [0.29, 0.717) is 18.4 Å². The highest BCUT2D eigenvalue weighted by atomic mass is 16.3. The van der Waals surface area contributed by atoms with Crippen LogP contribution in [0.4, 0.5) is 0 Å². The molecule has 0 aliphatic carbocycles. The van der Waals surface area contributed by atoms with Crippen molar-refractivity contribution in [2.24, 2.45) is 23.0 Å². The maximum absolute atomic E-state index is 10.0. The predicted octanol–water partition coefficient (Wildman–Crippen LogP) is 2.01. The molecule has 0 aromatic heterocycles. The van der Waals surface area contributed by atoms with Gasteiger partial charge in [0.2, 0.25) is 0 Å². The molecule has 0 saturated carbocycles. The minimum Gasteiger partial charge on any atom is -0.392 e. The van der Waals surface area contributed by atoms with Crippen molar-refractivity contribution < 1.29 is 5.11 Å². The van der Waals surface area contributed by atoms with E-state index in [1.807, 2.05) is 13.8 Å². The number of hydrogen-bond acceptors (Lipinski definition) is 2. The van der Waals surface area contributed by atoms with Crippen LogP contribution in [0.25, 0.3) is 0 Å². The monoisotopic (exact) mass is 187 g/mol. The normalized spacial score (nSPS) is 17.5. The predicted molar refractivity (Wildman–Crippen MR) is 57.5 cm³/mol. The van der Waals surface area contributed by atoms with E-state index in [-0.39, 0.29) is 11.5 Å². The Labute approximate surface area is 82.5 Å². The lowest BCUT2D eigenvalue weighted by Gasteiger charge is -2.34. The van der Waals surface area contributed by atoms with Gasteiger partial charge in [0.05, 0.1) is 6.10 Å². The van der Waals surface area contributed by atoms with Gasteiger partial charge in [0.1, 0.15) is 0 Å².